The van der Waals surface area contributed by atoms with E-state index in [0.717, 1.165) is 36.5 Å². The van der Waals surface area contributed by atoms with Crippen molar-refractivity contribution in [2.24, 2.45) is 11.8 Å². The molecule has 1 heterocycles. The molecule has 5 nitrogen and oxygen atoms in total. The molecule has 1 aliphatic carbocycles. The molecule has 0 atom stereocenters. The van der Waals surface area contributed by atoms with Crippen molar-refractivity contribution >= 4 is 27.3 Å². The normalized spacial score (nSPS) is 23.1. The van der Waals surface area contributed by atoms with Gasteiger partial charge in [-0.15, -0.1) is 11.3 Å². The van der Waals surface area contributed by atoms with Crippen molar-refractivity contribution in [3.63, 3.8) is 0 Å². The molecule has 118 valence electrons. The van der Waals surface area contributed by atoms with E-state index in [2.05, 4.69) is 11.6 Å². The van der Waals surface area contributed by atoms with Crippen LogP contribution in [0, 0.1) is 11.8 Å². The second-order valence-electron chi connectivity index (χ2n) is 5.73. The highest BCUT2D eigenvalue weighted by Crippen LogP contribution is 2.30. The first-order valence-corrected chi connectivity index (χ1v) is 9.57. The quantitative estimate of drug-likeness (QED) is 0.839. The van der Waals surface area contributed by atoms with E-state index in [4.69, 9.17) is 5.11 Å². The molecule has 1 aliphatic rings. The van der Waals surface area contributed by atoms with Crippen molar-refractivity contribution in [1.29, 1.82) is 0 Å². The number of carboxylic acids is 1. The van der Waals surface area contributed by atoms with Crippen LogP contribution in [0.5, 0.6) is 0 Å². The van der Waals surface area contributed by atoms with Gasteiger partial charge in [0, 0.05) is 6.54 Å². The third-order valence-corrected chi connectivity index (χ3v) is 6.63. The molecule has 2 N–H and O–H groups in total. The van der Waals surface area contributed by atoms with Crippen LogP contribution < -0.4 is 4.72 Å². The Morgan fingerprint density at radius 2 is 2.05 bits per heavy atom. The molecule has 7 heteroatoms. The summed E-state index contributed by atoms with van der Waals surface area (Å²) in [5, 5.41) is 10.5. The van der Waals surface area contributed by atoms with Crippen molar-refractivity contribution in [2.75, 3.05) is 6.54 Å². The van der Waals surface area contributed by atoms with Crippen LogP contribution in [0.1, 0.15) is 48.7 Å². The summed E-state index contributed by atoms with van der Waals surface area (Å²) in [4.78, 5) is 10.7. The Hall–Kier alpha value is -0.920. The fourth-order valence-electron chi connectivity index (χ4n) is 2.76. The summed E-state index contributed by atoms with van der Waals surface area (Å²) < 4.78 is 26.8. The first kappa shape index (κ1) is 16.5. The molecule has 0 amide bonds. The number of aromatic carboxylic acids is 1. The van der Waals surface area contributed by atoms with E-state index in [0.29, 0.717) is 12.5 Å². The third kappa shape index (κ3) is 4.28. The molecule has 1 fully saturated rings. The SMILES string of the molecule is CC1CCC(CCNS(=O)(=O)c2ccsc2C(=O)O)CC1. The molecular formula is C14H21NO4S2. The summed E-state index contributed by atoms with van der Waals surface area (Å²) in [6.07, 6.45) is 5.55. The van der Waals surface area contributed by atoms with Gasteiger partial charge in [0.2, 0.25) is 10.0 Å². The van der Waals surface area contributed by atoms with Gasteiger partial charge < -0.3 is 5.11 Å². The fraction of sp³-hybridized carbons (Fsp3) is 0.643. The van der Waals surface area contributed by atoms with E-state index in [1.165, 1.54) is 24.3 Å². The van der Waals surface area contributed by atoms with Crippen LogP contribution in [0.4, 0.5) is 0 Å². The van der Waals surface area contributed by atoms with Crippen LogP contribution in [-0.4, -0.2) is 26.0 Å². The molecule has 0 spiro atoms. The average Bonchev–Trinajstić information content (AvgIpc) is 2.91. The zero-order valence-corrected chi connectivity index (χ0v) is 13.7. The van der Waals surface area contributed by atoms with E-state index in [-0.39, 0.29) is 9.77 Å². The summed E-state index contributed by atoms with van der Waals surface area (Å²) in [7, 11) is -3.72. The molecule has 1 saturated carbocycles. The van der Waals surface area contributed by atoms with Gasteiger partial charge in [-0.3, -0.25) is 0 Å². The Bertz CT molecular complexity index is 586. The van der Waals surface area contributed by atoms with Gasteiger partial charge in [0.05, 0.1) is 0 Å². The molecule has 0 saturated heterocycles. The molecule has 1 aromatic heterocycles. The van der Waals surface area contributed by atoms with Crippen LogP contribution in [-0.2, 0) is 10.0 Å². The topological polar surface area (TPSA) is 83.5 Å². The second kappa shape index (κ2) is 6.89. The number of sulfonamides is 1. The van der Waals surface area contributed by atoms with Gasteiger partial charge in [-0.05, 0) is 29.7 Å². The number of hydrogen-bond donors (Lipinski definition) is 2. The van der Waals surface area contributed by atoms with Crippen molar-refractivity contribution in [3.05, 3.63) is 16.3 Å². The van der Waals surface area contributed by atoms with Gasteiger partial charge in [0.1, 0.15) is 9.77 Å². The zero-order valence-electron chi connectivity index (χ0n) is 12.0. The second-order valence-corrected chi connectivity index (χ2v) is 8.38. The van der Waals surface area contributed by atoms with Crippen LogP contribution in [0.15, 0.2) is 16.3 Å². The minimum absolute atomic E-state index is 0.128. The summed E-state index contributed by atoms with van der Waals surface area (Å²) in [5.41, 5.74) is 0. The number of carboxylic acid groups (broad SMARTS) is 1. The number of rotatable bonds is 6. The Morgan fingerprint density at radius 1 is 1.38 bits per heavy atom. The Kier molecular flexibility index (Phi) is 5.40. The van der Waals surface area contributed by atoms with E-state index >= 15 is 0 Å². The van der Waals surface area contributed by atoms with Crippen LogP contribution in [0.2, 0.25) is 0 Å². The van der Waals surface area contributed by atoms with Gasteiger partial charge in [-0.2, -0.15) is 0 Å². The number of hydrogen-bond acceptors (Lipinski definition) is 4. The van der Waals surface area contributed by atoms with Gasteiger partial charge in [-0.25, -0.2) is 17.9 Å². The minimum atomic E-state index is -3.72. The smallest absolute Gasteiger partial charge is 0.347 e. The lowest BCUT2D eigenvalue weighted by Gasteiger charge is -2.26. The third-order valence-electron chi connectivity index (χ3n) is 4.09. The van der Waals surface area contributed by atoms with E-state index < -0.39 is 16.0 Å². The van der Waals surface area contributed by atoms with Crippen molar-refractivity contribution in [2.45, 2.75) is 43.9 Å². The van der Waals surface area contributed by atoms with Crippen LogP contribution >= 0.6 is 11.3 Å². The van der Waals surface area contributed by atoms with Crippen LogP contribution in [0.3, 0.4) is 0 Å². The highest BCUT2D eigenvalue weighted by molar-refractivity contribution is 7.89. The molecule has 0 radical (unpaired) electrons. The van der Waals surface area contributed by atoms with Crippen molar-refractivity contribution < 1.29 is 18.3 Å². The number of thiophene rings is 1. The molecule has 0 unspecified atom stereocenters. The van der Waals surface area contributed by atoms with E-state index in [9.17, 15) is 13.2 Å². The highest BCUT2D eigenvalue weighted by atomic mass is 32.2. The minimum Gasteiger partial charge on any atom is -0.477 e. The summed E-state index contributed by atoms with van der Waals surface area (Å²) in [5.74, 6) is 0.152. The standard InChI is InChI=1S/C14H21NO4S2/c1-10-2-4-11(5-3-10)6-8-15-21(18,19)12-7-9-20-13(12)14(16)17/h7,9-11,15H,2-6,8H2,1H3,(H,16,17). The first-order valence-electron chi connectivity index (χ1n) is 7.20. The average molecular weight is 331 g/mol. The molecule has 2 rings (SSSR count). The maximum atomic E-state index is 12.1. The summed E-state index contributed by atoms with van der Waals surface area (Å²) in [6, 6.07) is 1.35. The lowest BCUT2D eigenvalue weighted by molar-refractivity contribution is 0.0698. The van der Waals surface area contributed by atoms with Gasteiger partial charge >= 0.3 is 5.97 Å². The molecule has 0 aliphatic heterocycles. The van der Waals surface area contributed by atoms with E-state index in [1.54, 1.807) is 0 Å². The largest absolute Gasteiger partial charge is 0.477 e. The fourth-order valence-corrected chi connectivity index (χ4v) is 5.06. The van der Waals surface area contributed by atoms with Crippen LogP contribution in [0.25, 0.3) is 0 Å². The maximum Gasteiger partial charge on any atom is 0.347 e. The number of nitrogens with one attached hydrogen (secondary N) is 1. The molecule has 0 aromatic carbocycles. The van der Waals surface area contributed by atoms with Crippen molar-refractivity contribution in [1.82, 2.24) is 4.72 Å². The van der Waals surface area contributed by atoms with Gasteiger partial charge in [0.25, 0.3) is 0 Å². The van der Waals surface area contributed by atoms with Gasteiger partial charge in [0.15, 0.2) is 0 Å². The van der Waals surface area contributed by atoms with Gasteiger partial charge in [-0.1, -0.05) is 32.6 Å². The lowest BCUT2D eigenvalue weighted by atomic mass is 9.81. The zero-order chi connectivity index (χ0) is 15.5. The molecule has 0 bridgehead atoms. The Balaban J connectivity index is 1.90. The number of carbonyl (C=O) groups is 1. The van der Waals surface area contributed by atoms with E-state index in [1.807, 2.05) is 0 Å². The Morgan fingerprint density at radius 3 is 2.67 bits per heavy atom. The monoisotopic (exact) mass is 331 g/mol. The van der Waals surface area contributed by atoms with Crippen molar-refractivity contribution in [3.8, 4) is 0 Å². The highest BCUT2D eigenvalue weighted by Gasteiger charge is 2.24. The first-order chi connectivity index (χ1) is 9.90. The lowest BCUT2D eigenvalue weighted by Crippen LogP contribution is -2.27. The molecular weight excluding hydrogens is 310 g/mol. The molecule has 21 heavy (non-hydrogen) atoms. The predicted molar refractivity (Wildman–Crippen MR) is 82.2 cm³/mol. The Labute approximate surface area is 129 Å². The molecule has 1 aromatic rings. The predicted octanol–water partition coefficient (Wildman–Crippen LogP) is 2.94. The summed E-state index contributed by atoms with van der Waals surface area (Å²) >= 11 is 0.928. The maximum absolute atomic E-state index is 12.1. The summed E-state index contributed by atoms with van der Waals surface area (Å²) in [6.45, 7) is 2.62.